The highest BCUT2D eigenvalue weighted by molar-refractivity contribution is 9.10. The Balaban J connectivity index is 1.32. The number of amides is 1. The number of hydrogen-bond acceptors (Lipinski definition) is 5. The van der Waals surface area contributed by atoms with Crippen LogP contribution < -0.4 is 10.0 Å². The molecule has 202 valence electrons. The molecule has 1 aliphatic rings. The van der Waals surface area contributed by atoms with Gasteiger partial charge in [0.15, 0.2) is 0 Å². The molecule has 13 heteroatoms. The van der Waals surface area contributed by atoms with Crippen LogP contribution >= 0.6 is 39.1 Å². The van der Waals surface area contributed by atoms with Crippen LogP contribution in [0.3, 0.4) is 0 Å². The first kappa shape index (κ1) is 28.8. The fourth-order valence-electron chi connectivity index (χ4n) is 4.02. The summed E-state index contributed by atoms with van der Waals surface area (Å²) in [6, 6.07) is 17.3. The lowest BCUT2D eigenvalue weighted by molar-refractivity contribution is -0.120. The maximum absolute atomic E-state index is 12.8. The first-order valence-corrected chi connectivity index (χ1v) is 16.2. The van der Waals surface area contributed by atoms with Gasteiger partial charge in [-0.1, -0.05) is 51.3 Å². The molecule has 3 aromatic rings. The molecule has 1 amide bonds. The van der Waals surface area contributed by atoms with Gasteiger partial charge in [-0.2, -0.15) is 0 Å². The summed E-state index contributed by atoms with van der Waals surface area (Å²) in [7, 11) is -7.41. The van der Waals surface area contributed by atoms with E-state index in [1.807, 2.05) is 0 Å². The van der Waals surface area contributed by atoms with E-state index in [0.717, 1.165) is 4.47 Å². The molecule has 0 bridgehead atoms. The van der Waals surface area contributed by atoms with Gasteiger partial charge in [0.25, 0.3) is 10.0 Å². The highest BCUT2D eigenvalue weighted by atomic mass is 79.9. The van der Waals surface area contributed by atoms with E-state index in [-0.39, 0.29) is 46.3 Å². The van der Waals surface area contributed by atoms with Gasteiger partial charge in [-0.15, -0.1) is 0 Å². The standard InChI is InChI=1S/C25H24BrCl2N3O5S2/c26-19-3-1-17(2-4-19)16-37(33,34)31-13-11-18(12-14-31)25(32)29-21-6-8-22(9-7-21)38(35,36)30-24-10-5-20(27)15-23(24)28/h1-10,15,18,30H,11-14,16H2,(H,29,32). The average Bonchev–Trinajstić information content (AvgIpc) is 2.87. The maximum atomic E-state index is 12.8. The van der Waals surface area contributed by atoms with Crippen molar-refractivity contribution in [3.05, 3.63) is 86.8 Å². The van der Waals surface area contributed by atoms with E-state index in [0.29, 0.717) is 29.1 Å². The second-order valence-corrected chi connectivity index (χ2v) is 14.2. The second-order valence-electron chi connectivity index (χ2n) is 8.80. The van der Waals surface area contributed by atoms with Gasteiger partial charge in [-0.05, 0) is 73.0 Å². The molecule has 0 saturated carbocycles. The van der Waals surface area contributed by atoms with Crippen molar-refractivity contribution in [1.82, 2.24) is 4.31 Å². The largest absolute Gasteiger partial charge is 0.326 e. The Labute approximate surface area is 240 Å². The lowest BCUT2D eigenvalue weighted by Crippen LogP contribution is -2.41. The molecular formula is C25H24BrCl2N3O5S2. The van der Waals surface area contributed by atoms with Crippen molar-refractivity contribution in [3.63, 3.8) is 0 Å². The van der Waals surface area contributed by atoms with Gasteiger partial charge < -0.3 is 5.32 Å². The van der Waals surface area contributed by atoms with Gasteiger partial charge in [0.05, 0.1) is 21.4 Å². The summed E-state index contributed by atoms with van der Waals surface area (Å²) in [6.07, 6.45) is 0.785. The molecule has 0 unspecified atom stereocenters. The van der Waals surface area contributed by atoms with Crippen LogP contribution in [0.5, 0.6) is 0 Å². The van der Waals surface area contributed by atoms with Crippen molar-refractivity contribution in [1.29, 1.82) is 0 Å². The van der Waals surface area contributed by atoms with Gasteiger partial charge >= 0.3 is 0 Å². The van der Waals surface area contributed by atoms with Crippen molar-refractivity contribution < 1.29 is 21.6 Å². The first-order valence-electron chi connectivity index (χ1n) is 11.5. The summed E-state index contributed by atoms with van der Waals surface area (Å²) in [4.78, 5) is 12.8. The molecular weight excluding hydrogens is 637 g/mol. The normalized spacial score (nSPS) is 15.2. The van der Waals surface area contributed by atoms with Crippen LogP contribution in [0.25, 0.3) is 0 Å². The zero-order valence-electron chi connectivity index (χ0n) is 19.9. The molecule has 1 saturated heterocycles. The summed E-state index contributed by atoms with van der Waals surface area (Å²) in [6.45, 7) is 0.514. The van der Waals surface area contributed by atoms with E-state index < -0.39 is 20.0 Å². The summed E-state index contributed by atoms with van der Waals surface area (Å²) >= 11 is 15.3. The van der Waals surface area contributed by atoms with Crippen LogP contribution in [0.4, 0.5) is 11.4 Å². The minimum Gasteiger partial charge on any atom is -0.326 e. The number of carbonyl (C=O) groups is 1. The molecule has 0 radical (unpaired) electrons. The van der Waals surface area contributed by atoms with Crippen molar-refractivity contribution in [2.24, 2.45) is 5.92 Å². The Morgan fingerprint density at radius 1 is 0.921 bits per heavy atom. The van der Waals surface area contributed by atoms with Crippen molar-refractivity contribution in [3.8, 4) is 0 Å². The van der Waals surface area contributed by atoms with Crippen molar-refractivity contribution in [2.45, 2.75) is 23.5 Å². The van der Waals surface area contributed by atoms with Crippen LogP contribution in [0.15, 0.2) is 76.1 Å². The highest BCUT2D eigenvalue weighted by Gasteiger charge is 2.31. The van der Waals surface area contributed by atoms with Crippen LogP contribution in [-0.2, 0) is 30.6 Å². The predicted molar refractivity (Wildman–Crippen MR) is 153 cm³/mol. The van der Waals surface area contributed by atoms with Crippen LogP contribution in [0.1, 0.15) is 18.4 Å². The zero-order valence-corrected chi connectivity index (χ0v) is 24.6. The fraction of sp³-hybridized carbons (Fsp3) is 0.240. The Bertz CT molecular complexity index is 1530. The average molecular weight is 661 g/mol. The van der Waals surface area contributed by atoms with Crippen molar-refractivity contribution >= 4 is 76.5 Å². The topological polar surface area (TPSA) is 113 Å². The molecule has 0 aromatic heterocycles. The number of halogens is 3. The van der Waals surface area contributed by atoms with Gasteiger partial charge in [-0.3, -0.25) is 9.52 Å². The lowest BCUT2D eigenvalue weighted by atomic mass is 9.97. The van der Waals surface area contributed by atoms with Gasteiger partial charge in [0, 0.05) is 34.2 Å². The summed E-state index contributed by atoms with van der Waals surface area (Å²) < 4.78 is 55.8. The molecule has 8 nitrogen and oxygen atoms in total. The van der Waals surface area contributed by atoms with Gasteiger partial charge in [0.2, 0.25) is 15.9 Å². The maximum Gasteiger partial charge on any atom is 0.261 e. The van der Waals surface area contributed by atoms with E-state index in [9.17, 15) is 21.6 Å². The van der Waals surface area contributed by atoms with E-state index >= 15 is 0 Å². The van der Waals surface area contributed by atoms with E-state index in [1.54, 1.807) is 24.3 Å². The van der Waals surface area contributed by atoms with Crippen LogP contribution in [0, 0.1) is 5.92 Å². The predicted octanol–water partition coefficient (Wildman–Crippen LogP) is 5.74. The summed E-state index contributed by atoms with van der Waals surface area (Å²) in [5.74, 6) is -0.686. The molecule has 1 heterocycles. The Morgan fingerprint density at radius 3 is 2.16 bits per heavy atom. The Kier molecular flexibility index (Phi) is 9.06. The lowest BCUT2D eigenvalue weighted by Gasteiger charge is -2.30. The number of nitrogens with one attached hydrogen (secondary N) is 2. The number of nitrogens with zero attached hydrogens (tertiary/aromatic N) is 1. The third-order valence-corrected chi connectivity index (χ3v) is 10.4. The molecule has 0 aliphatic carbocycles. The summed E-state index contributed by atoms with van der Waals surface area (Å²) in [5, 5.41) is 3.34. The number of benzene rings is 3. The summed E-state index contributed by atoms with van der Waals surface area (Å²) in [5.41, 5.74) is 1.33. The molecule has 4 rings (SSSR count). The third-order valence-electron chi connectivity index (χ3n) is 6.09. The Morgan fingerprint density at radius 2 is 1.55 bits per heavy atom. The van der Waals surface area contributed by atoms with Gasteiger partial charge in [0.1, 0.15) is 0 Å². The number of rotatable bonds is 8. The monoisotopic (exact) mass is 659 g/mol. The SMILES string of the molecule is O=C(Nc1ccc(S(=O)(=O)Nc2ccc(Cl)cc2Cl)cc1)C1CCN(S(=O)(=O)Cc2ccc(Br)cc2)CC1. The van der Waals surface area contributed by atoms with Crippen molar-refractivity contribution in [2.75, 3.05) is 23.1 Å². The van der Waals surface area contributed by atoms with Gasteiger partial charge in [-0.25, -0.2) is 21.1 Å². The molecule has 0 atom stereocenters. The molecule has 2 N–H and O–H groups in total. The molecule has 1 aliphatic heterocycles. The quantitative estimate of drug-likeness (QED) is 0.320. The molecule has 38 heavy (non-hydrogen) atoms. The smallest absolute Gasteiger partial charge is 0.261 e. The zero-order chi connectivity index (χ0) is 27.5. The highest BCUT2D eigenvalue weighted by Crippen LogP contribution is 2.28. The van der Waals surface area contributed by atoms with E-state index in [4.69, 9.17) is 23.2 Å². The van der Waals surface area contributed by atoms with E-state index in [2.05, 4.69) is 26.0 Å². The number of piperidine rings is 1. The van der Waals surface area contributed by atoms with Crippen LogP contribution in [0.2, 0.25) is 10.0 Å². The molecule has 1 fully saturated rings. The van der Waals surface area contributed by atoms with E-state index in [1.165, 1.54) is 46.8 Å². The molecule has 0 spiro atoms. The number of anilines is 2. The first-order chi connectivity index (χ1) is 17.9. The number of sulfonamides is 2. The fourth-order valence-corrected chi connectivity index (χ4v) is 7.44. The minimum atomic E-state index is -3.91. The number of hydrogen-bond donors (Lipinski definition) is 2. The number of carbonyl (C=O) groups excluding carboxylic acids is 1. The van der Waals surface area contributed by atoms with Crippen LogP contribution in [-0.4, -0.2) is 40.1 Å². The molecule has 3 aromatic carbocycles. The second kappa shape index (κ2) is 11.9. The minimum absolute atomic E-state index is 0.00851. The Hall–Kier alpha value is -2.15. The third kappa shape index (κ3) is 7.28.